The second kappa shape index (κ2) is 7.49. The predicted octanol–water partition coefficient (Wildman–Crippen LogP) is 1.31. The number of rotatable bonds is 6. The summed E-state index contributed by atoms with van der Waals surface area (Å²) in [6.07, 6.45) is 0.968. The summed E-state index contributed by atoms with van der Waals surface area (Å²) < 4.78 is 10.2. The molecule has 0 spiro atoms. The molecule has 7 nitrogen and oxygen atoms in total. The van der Waals surface area contributed by atoms with Crippen molar-refractivity contribution in [2.75, 3.05) is 31.7 Å². The minimum atomic E-state index is -1.03. The molecule has 7 heteroatoms. The summed E-state index contributed by atoms with van der Waals surface area (Å²) in [4.78, 5) is 22.1. The number of hydrogen-bond donors (Lipinski definition) is 3. The smallest absolute Gasteiger partial charge is 0.341 e. The molecular weight excluding hydrogens is 276 g/mol. The number of anilines is 1. The van der Waals surface area contributed by atoms with Crippen LogP contribution in [-0.4, -0.2) is 43.5 Å². The molecule has 1 unspecified atom stereocenters. The Labute approximate surface area is 122 Å². The third-order valence-corrected chi connectivity index (χ3v) is 3.05. The van der Waals surface area contributed by atoms with Gasteiger partial charge in [-0.1, -0.05) is 0 Å². The van der Waals surface area contributed by atoms with Crippen LogP contribution >= 0.6 is 0 Å². The van der Waals surface area contributed by atoms with E-state index in [1.807, 2.05) is 0 Å². The van der Waals surface area contributed by atoms with Crippen LogP contribution in [0.15, 0.2) is 24.3 Å². The molecule has 1 aromatic carbocycles. The summed E-state index contributed by atoms with van der Waals surface area (Å²) in [6, 6.07) is 6.22. The Kier molecular flexibility index (Phi) is 5.39. The van der Waals surface area contributed by atoms with Crippen molar-refractivity contribution in [2.45, 2.75) is 6.42 Å². The summed E-state index contributed by atoms with van der Waals surface area (Å²) in [5, 5.41) is 14.0. The molecule has 1 aliphatic rings. The minimum Gasteiger partial charge on any atom is -0.482 e. The maximum absolute atomic E-state index is 11.7. The number of ether oxygens (including phenoxy) is 2. The first-order chi connectivity index (χ1) is 10.1. The van der Waals surface area contributed by atoms with Crippen molar-refractivity contribution in [3.63, 3.8) is 0 Å². The Hall–Kier alpha value is -2.28. The molecule has 1 aromatic rings. The number of aliphatic carboxylic acids is 1. The topological polar surface area (TPSA) is 96.9 Å². The number of amides is 2. The van der Waals surface area contributed by atoms with Crippen LogP contribution in [0.3, 0.4) is 0 Å². The zero-order valence-electron chi connectivity index (χ0n) is 11.5. The van der Waals surface area contributed by atoms with Crippen LogP contribution < -0.4 is 15.4 Å². The lowest BCUT2D eigenvalue weighted by molar-refractivity contribution is -0.139. The first-order valence-electron chi connectivity index (χ1n) is 6.71. The van der Waals surface area contributed by atoms with E-state index >= 15 is 0 Å². The third kappa shape index (κ3) is 5.31. The quantitative estimate of drug-likeness (QED) is 0.735. The van der Waals surface area contributed by atoms with Crippen molar-refractivity contribution in [3.05, 3.63) is 24.3 Å². The van der Waals surface area contributed by atoms with Crippen LogP contribution in [-0.2, 0) is 9.53 Å². The van der Waals surface area contributed by atoms with Crippen molar-refractivity contribution >= 4 is 17.7 Å². The number of urea groups is 1. The fourth-order valence-corrected chi connectivity index (χ4v) is 1.94. The van der Waals surface area contributed by atoms with Crippen molar-refractivity contribution in [3.8, 4) is 5.75 Å². The van der Waals surface area contributed by atoms with Crippen LogP contribution in [0.2, 0.25) is 0 Å². The highest BCUT2D eigenvalue weighted by Gasteiger charge is 2.16. The first-order valence-corrected chi connectivity index (χ1v) is 6.71. The molecule has 1 heterocycles. The minimum absolute atomic E-state index is 0.277. The van der Waals surface area contributed by atoms with Crippen LogP contribution in [0.25, 0.3) is 0 Å². The largest absolute Gasteiger partial charge is 0.482 e. The molecule has 1 fully saturated rings. The van der Waals surface area contributed by atoms with E-state index < -0.39 is 12.6 Å². The lowest BCUT2D eigenvalue weighted by Crippen LogP contribution is -2.33. The number of nitrogens with one attached hydrogen (secondary N) is 2. The van der Waals surface area contributed by atoms with E-state index in [4.69, 9.17) is 14.6 Å². The normalized spacial score (nSPS) is 17.2. The highest BCUT2D eigenvalue weighted by atomic mass is 16.5. The van der Waals surface area contributed by atoms with Crippen molar-refractivity contribution in [2.24, 2.45) is 5.92 Å². The highest BCUT2D eigenvalue weighted by Crippen LogP contribution is 2.15. The molecule has 1 aliphatic heterocycles. The van der Waals surface area contributed by atoms with Crippen LogP contribution in [0.5, 0.6) is 5.75 Å². The van der Waals surface area contributed by atoms with Gasteiger partial charge in [0.15, 0.2) is 6.61 Å². The summed E-state index contributed by atoms with van der Waals surface area (Å²) >= 11 is 0. The molecule has 0 aromatic heterocycles. The molecule has 3 N–H and O–H groups in total. The average Bonchev–Trinajstić information content (AvgIpc) is 2.98. The van der Waals surface area contributed by atoms with Crippen LogP contribution in [0.1, 0.15) is 6.42 Å². The molecule has 0 radical (unpaired) electrons. The molecule has 0 bridgehead atoms. The van der Waals surface area contributed by atoms with Gasteiger partial charge in [0, 0.05) is 24.8 Å². The Bertz CT molecular complexity index is 483. The Morgan fingerprint density at radius 3 is 2.71 bits per heavy atom. The lowest BCUT2D eigenvalue weighted by Gasteiger charge is -2.11. The van der Waals surface area contributed by atoms with Gasteiger partial charge in [0.05, 0.1) is 6.61 Å². The van der Waals surface area contributed by atoms with Gasteiger partial charge in [-0.3, -0.25) is 0 Å². The molecule has 2 amide bonds. The summed E-state index contributed by atoms with van der Waals surface area (Å²) in [6.45, 7) is 1.64. The van der Waals surface area contributed by atoms with Crippen LogP contribution in [0.4, 0.5) is 10.5 Å². The van der Waals surface area contributed by atoms with Gasteiger partial charge in [-0.05, 0) is 30.7 Å². The van der Waals surface area contributed by atoms with Gasteiger partial charge >= 0.3 is 12.0 Å². The lowest BCUT2D eigenvalue weighted by atomic mass is 10.1. The van der Waals surface area contributed by atoms with Gasteiger partial charge in [0.2, 0.25) is 0 Å². The Morgan fingerprint density at radius 1 is 1.33 bits per heavy atom. The molecule has 2 rings (SSSR count). The average molecular weight is 294 g/mol. The summed E-state index contributed by atoms with van der Waals surface area (Å²) in [7, 11) is 0. The van der Waals surface area contributed by atoms with Gasteiger partial charge in [0.1, 0.15) is 5.75 Å². The number of carbonyl (C=O) groups is 2. The summed E-state index contributed by atoms with van der Waals surface area (Å²) in [5.41, 5.74) is 0.609. The van der Waals surface area contributed by atoms with E-state index in [0.717, 1.165) is 13.0 Å². The maximum Gasteiger partial charge on any atom is 0.341 e. The number of hydrogen-bond acceptors (Lipinski definition) is 4. The molecular formula is C14H18N2O5. The van der Waals surface area contributed by atoms with Crippen molar-refractivity contribution in [1.29, 1.82) is 0 Å². The second-order valence-corrected chi connectivity index (χ2v) is 4.77. The Morgan fingerprint density at radius 2 is 2.10 bits per heavy atom. The van der Waals surface area contributed by atoms with Crippen molar-refractivity contribution < 1.29 is 24.2 Å². The Balaban J connectivity index is 1.73. The fraction of sp³-hybridized carbons (Fsp3) is 0.429. The van der Waals surface area contributed by atoms with Crippen molar-refractivity contribution in [1.82, 2.24) is 5.32 Å². The SMILES string of the molecule is O=C(O)COc1ccc(NC(=O)NCC2CCOC2)cc1. The van der Waals surface area contributed by atoms with E-state index in [1.54, 1.807) is 24.3 Å². The van der Waals surface area contributed by atoms with Gasteiger partial charge in [-0.25, -0.2) is 9.59 Å². The van der Waals surface area contributed by atoms with Gasteiger partial charge < -0.3 is 25.2 Å². The standard InChI is InChI=1S/C14H18N2O5/c17-13(18)9-21-12-3-1-11(2-4-12)16-14(19)15-7-10-5-6-20-8-10/h1-4,10H,5-9H2,(H,17,18)(H2,15,16,19). The molecule has 114 valence electrons. The summed E-state index contributed by atoms with van der Waals surface area (Å²) in [5.74, 6) is -0.221. The fourth-order valence-electron chi connectivity index (χ4n) is 1.94. The van der Waals surface area contributed by atoms with E-state index in [2.05, 4.69) is 10.6 Å². The zero-order valence-corrected chi connectivity index (χ0v) is 11.5. The molecule has 0 saturated carbocycles. The first kappa shape index (κ1) is 15.1. The second-order valence-electron chi connectivity index (χ2n) is 4.77. The van der Waals surface area contributed by atoms with E-state index in [1.165, 1.54) is 0 Å². The molecule has 1 saturated heterocycles. The molecule has 21 heavy (non-hydrogen) atoms. The van der Waals surface area contributed by atoms with E-state index in [-0.39, 0.29) is 6.03 Å². The highest BCUT2D eigenvalue weighted by molar-refractivity contribution is 5.89. The monoisotopic (exact) mass is 294 g/mol. The van der Waals surface area contributed by atoms with E-state index in [9.17, 15) is 9.59 Å². The maximum atomic E-state index is 11.7. The third-order valence-electron chi connectivity index (χ3n) is 3.05. The van der Waals surface area contributed by atoms with Crippen LogP contribution in [0, 0.1) is 5.92 Å². The van der Waals surface area contributed by atoms with E-state index in [0.29, 0.717) is 30.5 Å². The van der Waals surface area contributed by atoms with Gasteiger partial charge in [-0.2, -0.15) is 0 Å². The number of benzene rings is 1. The number of carboxylic acids is 1. The van der Waals surface area contributed by atoms with Gasteiger partial charge in [-0.15, -0.1) is 0 Å². The number of carboxylic acid groups (broad SMARTS) is 1. The zero-order chi connectivity index (χ0) is 15.1. The predicted molar refractivity (Wildman–Crippen MR) is 75.5 cm³/mol. The molecule has 0 aliphatic carbocycles. The van der Waals surface area contributed by atoms with Gasteiger partial charge in [0.25, 0.3) is 0 Å². The molecule has 1 atom stereocenters. The number of carbonyl (C=O) groups excluding carboxylic acids is 1.